The predicted molar refractivity (Wildman–Crippen MR) is 118 cm³/mol. The predicted octanol–water partition coefficient (Wildman–Crippen LogP) is 2.98. The first-order chi connectivity index (χ1) is 15.3. The van der Waals surface area contributed by atoms with Crippen molar-refractivity contribution in [2.45, 2.75) is 52.6 Å². The third kappa shape index (κ3) is 3.90. The number of benzene rings is 1. The maximum atomic E-state index is 13.3. The van der Waals surface area contributed by atoms with E-state index in [2.05, 4.69) is 10.2 Å². The number of halogens is 1. The summed E-state index contributed by atoms with van der Waals surface area (Å²) in [6.45, 7) is 6.97. The lowest BCUT2D eigenvalue weighted by molar-refractivity contribution is -0.131. The van der Waals surface area contributed by atoms with Gasteiger partial charge in [-0.2, -0.15) is 10.2 Å². The molecule has 1 aromatic carbocycles. The number of hydrogen-bond donors (Lipinski definition) is 1. The normalized spacial score (nSPS) is 16.0. The average Bonchev–Trinajstić information content (AvgIpc) is 3.47. The van der Waals surface area contributed by atoms with Crippen molar-refractivity contribution in [2.75, 3.05) is 12.3 Å². The fraction of sp³-hybridized carbons (Fsp3) is 0.391. The van der Waals surface area contributed by atoms with E-state index in [0.29, 0.717) is 25.2 Å². The van der Waals surface area contributed by atoms with Gasteiger partial charge in [0.05, 0.1) is 29.2 Å². The smallest absolute Gasteiger partial charge is 0.225 e. The summed E-state index contributed by atoms with van der Waals surface area (Å²) in [6.07, 6.45) is 3.04. The lowest BCUT2D eigenvalue weighted by Gasteiger charge is -2.23. The Labute approximate surface area is 185 Å². The molecule has 0 aliphatic carbocycles. The Bertz CT molecular complexity index is 1160. The van der Waals surface area contributed by atoms with Crippen molar-refractivity contribution in [1.29, 1.82) is 0 Å². The van der Waals surface area contributed by atoms with Crippen LogP contribution in [0.5, 0.6) is 0 Å². The van der Waals surface area contributed by atoms with Crippen LogP contribution in [-0.4, -0.2) is 48.7 Å². The molecule has 3 heterocycles. The molecule has 1 atom stereocenters. The van der Waals surface area contributed by atoms with Gasteiger partial charge in [0.2, 0.25) is 5.91 Å². The van der Waals surface area contributed by atoms with Gasteiger partial charge < -0.3 is 10.6 Å². The highest BCUT2D eigenvalue weighted by molar-refractivity contribution is 6.05. The molecule has 168 valence electrons. The van der Waals surface area contributed by atoms with Crippen molar-refractivity contribution in [3.8, 4) is 5.69 Å². The molecule has 32 heavy (non-hydrogen) atoms. The Morgan fingerprint density at radius 2 is 1.91 bits per heavy atom. The molecule has 8 nitrogen and oxygen atoms in total. The number of ketones is 1. The number of aryl methyl sites for hydroxylation is 2. The van der Waals surface area contributed by atoms with Gasteiger partial charge in [-0.15, -0.1) is 0 Å². The monoisotopic (exact) mass is 438 g/mol. The Balaban J connectivity index is 1.48. The fourth-order valence-electron chi connectivity index (χ4n) is 4.20. The molecule has 0 radical (unpaired) electrons. The van der Waals surface area contributed by atoms with Crippen molar-refractivity contribution >= 4 is 17.5 Å². The molecule has 4 rings (SSSR count). The van der Waals surface area contributed by atoms with Crippen molar-refractivity contribution in [2.24, 2.45) is 0 Å². The minimum Gasteiger partial charge on any atom is -0.383 e. The summed E-state index contributed by atoms with van der Waals surface area (Å²) in [5.41, 5.74) is 10.2. The molecular weight excluding hydrogens is 411 g/mol. The van der Waals surface area contributed by atoms with Gasteiger partial charge in [-0.25, -0.2) is 9.07 Å². The number of carbonyl (C=O) groups is 2. The Kier molecular flexibility index (Phi) is 5.82. The number of anilines is 1. The van der Waals surface area contributed by atoms with E-state index < -0.39 is 6.04 Å². The summed E-state index contributed by atoms with van der Waals surface area (Å²) in [5, 5.41) is 8.69. The van der Waals surface area contributed by atoms with Gasteiger partial charge in [0, 0.05) is 25.2 Å². The molecule has 0 unspecified atom stereocenters. The molecular formula is C23H27FN6O2. The number of rotatable bonds is 6. The van der Waals surface area contributed by atoms with Crippen LogP contribution >= 0.6 is 0 Å². The lowest BCUT2D eigenvalue weighted by atomic mass is 10.0. The maximum Gasteiger partial charge on any atom is 0.225 e. The highest BCUT2D eigenvalue weighted by Gasteiger charge is 2.36. The molecule has 2 N–H and O–H groups in total. The minimum absolute atomic E-state index is 0.0736. The molecule has 1 aliphatic rings. The number of Topliss-reactive ketones (excluding diaryl/α,β-unsaturated/α-hetero) is 1. The van der Waals surface area contributed by atoms with Crippen LogP contribution in [0.15, 0.2) is 30.5 Å². The Hall–Kier alpha value is -3.49. The van der Waals surface area contributed by atoms with E-state index in [-0.39, 0.29) is 35.3 Å². The van der Waals surface area contributed by atoms with Crippen LogP contribution in [0.4, 0.5) is 10.2 Å². The second-order valence-electron chi connectivity index (χ2n) is 8.21. The quantitative estimate of drug-likeness (QED) is 0.597. The summed E-state index contributed by atoms with van der Waals surface area (Å²) >= 11 is 0. The SMILES string of the molecule is Cc1nn(CCC(=O)N2CCC[C@@H]2C(=O)c2cnn(-c3ccc(F)cc3)c2N)c(C)c1C. The maximum absolute atomic E-state index is 13.3. The summed E-state index contributed by atoms with van der Waals surface area (Å²) in [6, 6.07) is 5.13. The lowest BCUT2D eigenvalue weighted by Crippen LogP contribution is -2.41. The topological polar surface area (TPSA) is 99.0 Å². The van der Waals surface area contributed by atoms with Crippen LogP contribution in [-0.2, 0) is 11.3 Å². The summed E-state index contributed by atoms with van der Waals surface area (Å²) in [7, 11) is 0. The summed E-state index contributed by atoms with van der Waals surface area (Å²) in [5.74, 6) is -0.482. The number of carbonyl (C=O) groups excluding carboxylic acids is 2. The zero-order chi connectivity index (χ0) is 23.0. The molecule has 3 aromatic rings. The van der Waals surface area contributed by atoms with Crippen LogP contribution in [0.3, 0.4) is 0 Å². The van der Waals surface area contributed by atoms with Gasteiger partial charge >= 0.3 is 0 Å². The zero-order valence-electron chi connectivity index (χ0n) is 18.5. The molecule has 2 aromatic heterocycles. The number of likely N-dealkylation sites (tertiary alicyclic amines) is 1. The summed E-state index contributed by atoms with van der Waals surface area (Å²) in [4.78, 5) is 27.9. The second kappa shape index (κ2) is 8.57. The number of aromatic nitrogens is 4. The number of nitrogens with zero attached hydrogens (tertiary/aromatic N) is 5. The van der Waals surface area contributed by atoms with Gasteiger partial charge in [-0.3, -0.25) is 14.3 Å². The standard InChI is InChI=1S/C23H27FN6O2/c1-14-15(2)27-29(16(14)3)12-10-21(31)28-11-4-5-20(28)22(32)19-13-26-30(23(19)25)18-8-6-17(24)7-9-18/h6-9,13,20H,4-5,10-12,25H2,1-3H3/t20-/m1/s1. The van der Waals surface area contributed by atoms with Gasteiger partial charge in [0.15, 0.2) is 5.78 Å². The minimum atomic E-state index is -0.558. The Morgan fingerprint density at radius 3 is 2.56 bits per heavy atom. The molecule has 1 aliphatic heterocycles. The van der Waals surface area contributed by atoms with Gasteiger partial charge in [-0.05, 0) is 63.4 Å². The first kappa shape index (κ1) is 21.7. The number of amides is 1. The summed E-state index contributed by atoms with van der Waals surface area (Å²) < 4.78 is 16.5. The van der Waals surface area contributed by atoms with Gasteiger partial charge in [-0.1, -0.05) is 0 Å². The van der Waals surface area contributed by atoms with Crippen LogP contribution in [0.2, 0.25) is 0 Å². The second-order valence-corrected chi connectivity index (χ2v) is 8.21. The third-order valence-electron chi connectivity index (χ3n) is 6.30. The number of nitrogen functional groups attached to an aromatic ring is 1. The number of hydrogen-bond acceptors (Lipinski definition) is 5. The molecule has 1 amide bonds. The van der Waals surface area contributed by atoms with E-state index in [1.807, 2.05) is 25.5 Å². The largest absolute Gasteiger partial charge is 0.383 e. The number of nitrogens with two attached hydrogens (primary N) is 1. The van der Waals surface area contributed by atoms with E-state index in [9.17, 15) is 14.0 Å². The highest BCUT2D eigenvalue weighted by atomic mass is 19.1. The third-order valence-corrected chi connectivity index (χ3v) is 6.30. The highest BCUT2D eigenvalue weighted by Crippen LogP contribution is 2.26. The van der Waals surface area contributed by atoms with Crippen molar-refractivity contribution < 1.29 is 14.0 Å². The van der Waals surface area contributed by atoms with Crippen LogP contribution in [0.1, 0.15) is 46.6 Å². The molecule has 1 saturated heterocycles. The van der Waals surface area contributed by atoms with Crippen molar-refractivity contribution in [3.63, 3.8) is 0 Å². The van der Waals surface area contributed by atoms with Crippen LogP contribution in [0.25, 0.3) is 5.69 Å². The molecule has 0 spiro atoms. The van der Waals surface area contributed by atoms with E-state index >= 15 is 0 Å². The Morgan fingerprint density at radius 1 is 1.19 bits per heavy atom. The van der Waals surface area contributed by atoms with E-state index in [4.69, 9.17) is 5.73 Å². The van der Waals surface area contributed by atoms with Crippen LogP contribution < -0.4 is 5.73 Å². The molecule has 0 bridgehead atoms. The van der Waals surface area contributed by atoms with Crippen molar-refractivity contribution in [1.82, 2.24) is 24.5 Å². The average molecular weight is 439 g/mol. The van der Waals surface area contributed by atoms with E-state index in [1.54, 1.807) is 17.0 Å². The molecule has 0 saturated carbocycles. The fourth-order valence-corrected chi connectivity index (χ4v) is 4.20. The van der Waals surface area contributed by atoms with Crippen molar-refractivity contribution in [3.05, 3.63) is 58.8 Å². The first-order valence-electron chi connectivity index (χ1n) is 10.7. The van der Waals surface area contributed by atoms with E-state index in [1.165, 1.54) is 23.0 Å². The molecule has 1 fully saturated rings. The zero-order valence-corrected chi connectivity index (χ0v) is 18.5. The van der Waals surface area contributed by atoms with Crippen LogP contribution in [0, 0.1) is 26.6 Å². The first-order valence-corrected chi connectivity index (χ1v) is 10.7. The van der Waals surface area contributed by atoms with E-state index in [0.717, 1.165) is 23.4 Å². The molecule has 9 heteroatoms. The van der Waals surface area contributed by atoms with Gasteiger partial charge in [0.1, 0.15) is 11.6 Å². The van der Waals surface area contributed by atoms with Gasteiger partial charge in [0.25, 0.3) is 0 Å².